The van der Waals surface area contributed by atoms with Crippen LogP contribution in [-0.2, 0) is 4.79 Å². The van der Waals surface area contributed by atoms with E-state index in [1.807, 2.05) is 0 Å². The van der Waals surface area contributed by atoms with Crippen molar-refractivity contribution in [2.75, 3.05) is 0 Å². The van der Waals surface area contributed by atoms with Gasteiger partial charge in [-0.2, -0.15) is 0 Å². The molecule has 2 unspecified atom stereocenters. The molecule has 0 saturated heterocycles. The summed E-state index contributed by atoms with van der Waals surface area (Å²) >= 11 is 0. The van der Waals surface area contributed by atoms with Crippen LogP contribution in [0.1, 0.15) is 32.6 Å². The Kier molecular flexibility index (Phi) is 1.85. The highest BCUT2D eigenvalue weighted by Crippen LogP contribution is 2.48. The molecule has 1 N–H and O–H groups in total. The standard InChI is InChI=1S/C10H16O2/c1-6-2-7-4-9(10(11)12)5-8(7)3-6/h6-9H,2-5H2,1H3,(H,11,12). The molecule has 0 spiro atoms. The fraction of sp³-hybridized carbons (Fsp3) is 0.900. The van der Waals surface area contributed by atoms with Crippen LogP contribution in [0.15, 0.2) is 0 Å². The third-order valence-electron chi connectivity index (χ3n) is 3.60. The van der Waals surface area contributed by atoms with Gasteiger partial charge in [0.25, 0.3) is 0 Å². The summed E-state index contributed by atoms with van der Waals surface area (Å²) in [6, 6.07) is 0. The zero-order valence-electron chi connectivity index (χ0n) is 7.49. The predicted molar refractivity (Wildman–Crippen MR) is 45.7 cm³/mol. The van der Waals surface area contributed by atoms with Crippen molar-refractivity contribution in [2.45, 2.75) is 32.6 Å². The van der Waals surface area contributed by atoms with Gasteiger partial charge in [-0.05, 0) is 43.4 Å². The molecule has 0 aliphatic heterocycles. The number of carboxylic acids is 1. The molecule has 0 bridgehead atoms. The van der Waals surface area contributed by atoms with E-state index in [-0.39, 0.29) is 5.92 Å². The molecule has 2 fully saturated rings. The second-order valence-corrected chi connectivity index (χ2v) is 4.60. The minimum absolute atomic E-state index is 0.0208. The van der Waals surface area contributed by atoms with Crippen molar-refractivity contribution in [1.29, 1.82) is 0 Å². The van der Waals surface area contributed by atoms with E-state index in [4.69, 9.17) is 5.11 Å². The van der Waals surface area contributed by atoms with Crippen LogP contribution in [0, 0.1) is 23.7 Å². The van der Waals surface area contributed by atoms with E-state index in [1.165, 1.54) is 12.8 Å². The molecular formula is C10H16O2. The topological polar surface area (TPSA) is 37.3 Å². The molecule has 2 nitrogen and oxygen atoms in total. The lowest BCUT2D eigenvalue weighted by atomic mass is 10.00. The average molecular weight is 168 g/mol. The number of hydrogen-bond acceptors (Lipinski definition) is 1. The summed E-state index contributed by atoms with van der Waals surface area (Å²) in [5.74, 6) is 1.72. The third kappa shape index (κ3) is 1.23. The molecule has 0 aromatic rings. The number of hydrogen-bond donors (Lipinski definition) is 1. The molecule has 2 aliphatic carbocycles. The van der Waals surface area contributed by atoms with Crippen molar-refractivity contribution in [3.63, 3.8) is 0 Å². The van der Waals surface area contributed by atoms with Gasteiger partial charge >= 0.3 is 5.97 Å². The number of carboxylic acid groups (broad SMARTS) is 1. The first-order valence-electron chi connectivity index (χ1n) is 4.89. The van der Waals surface area contributed by atoms with Gasteiger partial charge in [0.1, 0.15) is 0 Å². The quantitative estimate of drug-likeness (QED) is 0.651. The normalized spacial score (nSPS) is 46.1. The fourth-order valence-electron chi connectivity index (χ4n) is 3.12. The number of carbonyl (C=O) groups is 1. The molecule has 2 aliphatic rings. The Balaban J connectivity index is 1.98. The van der Waals surface area contributed by atoms with Crippen molar-refractivity contribution in [2.24, 2.45) is 23.7 Å². The summed E-state index contributed by atoms with van der Waals surface area (Å²) in [4.78, 5) is 10.7. The first-order valence-corrected chi connectivity index (χ1v) is 4.89. The zero-order valence-corrected chi connectivity index (χ0v) is 7.49. The summed E-state index contributed by atoms with van der Waals surface area (Å²) in [6.07, 6.45) is 4.44. The average Bonchev–Trinajstić information content (AvgIpc) is 2.42. The Bertz CT molecular complexity index is 186. The highest BCUT2D eigenvalue weighted by molar-refractivity contribution is 5.70. The fourth-order valence-corrected chi connectivity index (χ4v) is 3.12. The Morgan fingerprint density at radius 3 is 2.08 bits per heavy atom. The maximum atomic E-state index is 10.7. The Morgan fingerprint density at radius 2 is 1.67 bits per heavy atom. The van der Waals surface area contributed by atoms with Crippen molar-refractivity contribution >= 4 is 5.97 Å². The molecule has 2 heteroatoms. The van der Waals surface area contributed by atoms with Gasteiger partial charge in [0, 0.05) is 0 Å². The predicted octanol–water partition coefficient (Wildman–Crippen LogP) is 2.14. The number of aliphatic carboxylic acids is 1. The van der Waals surface area contributed by atoms with Crippen LogP contribution in [0.3, 0.4) is 0 Å². The molecule has 2 saturated carbocycles. The molecule has 12 heavy (non-hydrogen) atoms. The highest BCUT2D eigenvalue weighted by Gasteiger charge is 2.42. The minimum Gasteiger partial charge on any atom is -0.481 e. The molecule has 0 heterocycles. The van der Waals surface area contributed by atoms with Gasteiger partial charge in [0.2, 0.25) is 0 Å². The van der Waals surface area contributed by atoms with Gasteiger partial charge in [-0.1, -0.05) is 6.92 Å². The van der Waals surface area contributed by atoms with Crippen LogP contribution in [0.4, 0.5) is 0 Å². The van der Waals surface area contributed by atoms with Crippen molar-refractivity contribution in [3.8, 4) is 0 Å². The molecule has 0 amide bonds. The zero-order chi connectivity index (χ0) is 8.72. The third-order valence-corrected chi connectivity index (χ3v) is 3.60. The Hall–Kier alpha value is -0.530. The van der Waals surface area contributed by atoms with Crippen molar-refractivity contribution in [3.05, 3.63) is 0 Å². The van der Waals surface area contributed by atoms with Crippen LogP contribution in [0.5, 0.6) is 0 Å². The van der Waals surface area contributed by atoms with Gasteiger partial charge in [0.15, 0.2) is 0 Å². The van der Waals surface area contributed by atoms with E-state index in [1.54, 1.807) is 0 Å². The second kappa shape index (κ2) is 2.75. The summed E-state index contributed by atoms with van der Waals surface area (Å²) in [7, 11) is 0. The lowest BCUT2D eigenvalue weighted by Crippen LogP contribution is -2.10. The number of rotatable bonds is 1. The lowest BCUT2D eigenvalue weighted by Gasteiger charge is -2.06. The Morgan fingerprint density at radius 1 is 1.17 bits per heavy atom. The van der Waals surface area contributed by atoms with E-state index in [2.05, 4.69) is 6.92 Å². The highest BCUT2D eigenvalue weighted by atomic mass is 16.4. The van der Waals surface area contributed by atoms with Gasteiger partial charge in [-0.3, -0.25) is 4.79 Å². The van der Waals surface area contributed by atoms with Gasteiger partial charge in [-0.25, -0.2) is 0 Å². The van der Waals surface area contributed by atoms with Crippen LogP contribution >= 0.6 is 0 Å². The monoisotopic (exact) mass is 168 g/mol. The summed E-state index contributed by atoms with van der Waals surface area (Å²) in [6.45, 7) is 2.29. The SMILES string of the molecule is CC1CC2CC(C(=O)O)CC2C1. The molecular weight excluding hydrogens is 152 g/mol. The van der Waals surface area contributed by atoms with Crippen LogP contribution in [0.25, 0.3) is 0 Å². The van der Waals surface area contributed by atoms with E-state index < -0.39 is 5.97 Å². The molecule has 2 rings (SSSR count). The molecule has 0 aromatic carbocycles. The minimum atomic E-state index is -0.572. The molecule has 2 atom stereocenters. The first kappa shape index (κ1) is 8.09. The van der Waals surface area contributed by atoms with Crippen LogP contribution in [0.2, 0.25) is 0 Å². The molecule has 0 radical (unpaired) electrons. The van der Waals surface area contributed by atoms with Gasteiger partial charge in [0.05, 0.1) is 5.92 Å². The first-order chi connectivity index (χ1) is 5.66. The largest absolute Gasteiger partial charge is 0.481 e. The van der Waals surface area contributed by atoms with Crippen molar-refractivity contribution < 1.29 is 9.90 Å². The van der Waals surface area contributed by atoms with Gasteiger partial charge in [-0.15, -0.1) is 0 Å². The smallest absolute Gasteiger partial charge is 0.306 e. The Labute approximate surface area is 73.0 Å². The molecule has 0 aromatic heterocycles. The maximum Gasteiger partial charge on any atom is 0.306 e. The van der Waals surface area contributed by atoms with Crippen LogP contribution < -0.4 is 0 Å². The summed E-state index contributed by atoms with van der Waals surface area (Å²) in [5, 5.41) is 8.83. The molecule has 68 valence electrons. The van der Waals surface area contributed by atoms with Crippen molar-refractivity contribution in [1.82, 2.24) is 0 Å². The van der Waals surface area contributed by atoms with E-state index >= 15 is 0 Å². The summed E-state index contributed by atoms with van der Waals surface area (Å²) in [5.41, 5.74) is 0. The summed E-state index contributed by atoms with van der Waals surface area (Å²) < 4.78 is 0. The van der Waals surface area contributed by atoms with Crippen LogP contribution in [-0.4, -0.2) is 11.1 Å². The van der Waals surface area contributed by atoms with E-state index in [9.17, 15) is 4.79 Å². The second-order valence-electron chi connectivity index (χ2n) is 4.60. The van der Waals surface area contributed by atoms with Gasteiger partial charge < -0.3 is 5.11 Å². The van der Waals surface area contributed by atoms with E-state index in [0.29, 0.717) is 0 Å². The number of fused-ring (bicyclic) bond motifs is 1. The lowest BCUT2D eigenvalue weighted by molar-refractivity contribution is -0.141. The maximum absolute atomic E-state index is 10.7. The van der Waals surface area contributed by atoms with E-state index in [0.717, 1.165) is 30.6 Å².